The molecule has 0 bridgehead atoms. The highest BCUT2D eigenvalue weighted by Gasteiger charge is 2.17. The van der Waals surface area contributed by atoms with Crippen LogP contribution in [0.5, 0.6) is 0 Å². The van der Waals surface area contributed by atoms with Crippen molar-refractivity contribution in [2.24, 2.45) is 11.1 Å². The molecule has 1 rings (SSSR count). The monoisotopic (exact) mass is 275 g/mol. The van der Waals surface area contributed by atoms with Crippen LogP contribution in [-0.4, -0.2) is 6.04 Å². The van der Waals surface area contributed by atoms with Gasteiger partial charge in [0.25, 0.3) is 0 Å². The van der Waals surface area contributed by atoms with Crippen LogP contribution >= 0.6 is 27.3 Å². The van der Waals surface area contributed by atoms with Gasteiger partial charge >= 0.3 is 0 Å². The zero-order chi connectivity index (χ0) is 10.8. The SMILES string of the molecule is CC(C)(C)CC(N)Cc1sccc1Br. The third-order valence-corrected chi connectivity index (χ3v) is 3.96. The van der Waals surface area contributed by atoms with Gasteiger partial charge in [-0.25, -0.2) is 0 Å². The first-order valence-electron chi connectivity index (χ1n) is 4.86. The van der Waals surface area contributed by atoms with Gasteiger partial charge < -0.3 is 5.73 Å². The predicted octanol–water partition coefficient (Wildman–Crippen LogP) is 3.82. The normalized spacial score (nSPS) is 14.4. The molecule has 0 spiro atoms. The Bertz CT molecular complexity index is 288. The summed E-state index contributed by atoms with van der Waals surface area (Å²) < 4.78 is 1.20. The molecule has 0 saturated carbocycles. The fourth-order valence-electron chi connectivity index (χ4n) is 1.57. The van der Waals surface area contributed by atoms with Gasteiger partial charge in [0.1, 0.15) is 0 Å². The lowest BCUT2D eigenvalue weighted by Gasteiger charge is -2.22. The van der Waals surface area contributed by atoms with Crippen molar-refractivity contribution in [3.05, 3.63) is 20.8 Å². The second kappa shape index (κ2) is 4.77. The van der Waals surface area contributed by atoms with E-state index in [1.54, 1.807) is 11.3 Å². The topological polar surface area (TPSA) is 26.0 Å². The lowest BCUT2D eigenvalue weighted by Crippen LogP contribution is -2.28. The van der Waals surface area contributed by atoms with Crippen molar-refractivity contribution in [3.63, 3.8) is 0 Å². The van der Waals surface area contributed by atoms with Gasteiger partial charge in [-0.2, -0.15) is 0 Å². The van der Waals surface area contributed by atoms with Crippen molar-refractivity contribution < 1.29 is 0 Å². The third-order valence-electron chi connectivity index (χ3n) is 2.01. The molecular weight excluding hydrogens is 258 g/mol. The minimum absolute atomic E-state index is 0.268. The predicted molar refractivity (Wildman–Crippen MR) is 67.8 cm³/mol. The summed E-state index contributed by atoms with van der Waals surface area (Å²) in [5, 5.41) is 2.10. The van der Waals surface area contributed by atoms with Crippen LogP contribution in [0.25, 0.3) is 0 Å². The molecule has 1 heterocycles. The van der Waals surface area contributed by atoms with Crippen LogP contribution in [-0.2, 0) is 6.42 Å². The van der Waals surface area contributed by atoms with E-state index >= 15 is 0 Å². The summed E-state index contributed by atoms with van der Waals surface area (Å²) in [6.45, 7) is 6.70. The van der Waals surface area contributed by atoms with Gasteiger partial charge in [-0.05, 0) is 45.6 Å². The highest BCUT2D eigenvalue weighted by molar-refractivity contribution is 9.10. The van der Waals surface area contributed by atoms with Crippen molar-refractivity contribution in [1.29, 1.82) is 0 Å². The van der Waals surface area contributed by atoms with Crippen LogP contribution in [0.3, 0.4) is 0 Å². The van der Waals surface area contributed by atoms with Gasteiger partial charge in [0.2, 0.25) is 0 Å². The van der Waals surface area contributed by atoms with E-state index < -0.39 is 0 Å². The molecule has 0 saturated heterocycles. The Morgan fingerprint density at radius 2 is 2.14 bits per heavy atom. The molecule has 80 valence electrons. The number of nitrogens with two attached hydrogens (primary N) is 1. The summed E-state index contributed by atoms with van der Waals surface area (Å²) in [5.74, 6) is 0. The molecule has 1 aromatic heterocycles. The molecule has 0 aliphatic heterocycles. The minimum atomic E-state index is 0.268. The van der Waals surface area contributed by atoms with Gasteiger partial charge in [0, 0.05) is 15.4 Å². The maximum absolute atomic E-state index is 6.11. The lowest BCUT2D eigenvalue weighted by molar-refractivity contribution is 0.339. The molecule has 1 nitrogen and oxygen atoms in total. The quantitative estimate of drug-likeness (QED) is 0.892. The molecule has 3 heteroatoms. The first-order valence-corrected chi connectivity index (χ1v) is 6.53. The Kier molecular flexibility index (Phi) is 4.16. The van der Waals surface area contributed by atoms with E-state index in [0.717, 1.165) is 12.8 Å². The van der Waals surface area contributed by atoms with E-state index in [9.17, 15) is 0 Å². The number of rotatable bonds is 3. The average Bonchev–Trinajstić information content (AvgIpc) is 2.32. The van der Waals surface area contributed by atoms with E-state index in [2.05, 4.69) is 48.1 Å². The van der Waals surface area contributed by atoms with Crippen LogP contribution in [0.4, 0.5) is 0 Å². The maximum atomic E-state index is 6.11. The summed E-state index contributed by atoms with van der Waals surface area (Å²) in [6.07, 6.45) is 2.05. The molecule has 0 fully saturated rings. The summed E-state index contributed by atoms with van der Waals surface area (Å²) in [7, 11) is 0. The van der Waals surface area contributed by atoms with Crippen molar-refractivity contribution >= 4 is 27.3 Å². The first kappa shape index (κ1) is 12.2. The fourth-order valence-corrected chi connectivity index (χ4v) is 3.18. The zero-order valence-electron chi connectivity index (χ0n) is 9.01. The van der Waals surface area contributed by atoms with Crippen LogP contribution in [0.1, 0.15) is 32.1 Å². The highest BCUT2D eigenvalue weighted by Crippen LogP contribution is 2.27. The molecule has 1 unspecified atom stereocenters. The van der Waals surface area contributed by atoms with Gasteiger partial charge in [-0.1, -0.05) is 20.8 Å². The van der Waals surface area contributed by atoms with Gasteiger partial charge in [-0.15, -0.1) is 11.3 Å². The second-order valence-corrected chi connectivity index (χ2v) is 6.78. The van der Waals surface area contributed by atoms with E-state index in [-0.39, 0.29) is 6.04 Å². The molecule has 0 aliphatic carbocycles. The first-order chi connectivity index (χ1) is 6.38. The summed E-state index contributed by atoms with van der Waals surface area (Å²) in [6, 6.07) is 2.36. The average molecular weight is 276 g/mol. The number of hydrogen-bond donors (Lipinski definition) is 1. The van der Waals surface area contributed by atoms with E-state index in [4.69, 9.17) is 5.73 Å². The van der Waals surface area contributed by atoms with Gasteiger partial charge in [-0.3, -0.25) is 0 Å². The summed E-state index contributed by atoms with van der Waals surface area (Å²) >= 11 is 5.31. The van der Waals surface area contributed by atoms with E-state index in [0.29, 0.717) is 5.41 Å². The van der Waals surface area contributed by atoms with E-state index in [1.807, 2.05) is 0 Å². The summed E-state index contributed by atoms with van der Waals surface area (Å²) in [4.78, 5) is 1.36. The molecule has 1 aromatic rings. The molecule has 1 atom stereocenters. The number of thiophene rings is 1. The Labute approximate surface area is 98.8 Å². The maximum Gasteiger partial charge on any atom is 0.0314 e. The molecule has 0 aromatic carbocycles. The standard InChI is InChI=1S/C11H18BrNS/c1-11(2,3)7-8(13)6-10-9(12)4-5-14-10/h4-5,8H,6-7,13H2,1-3H3. The van der Waals surface area contributed by atoms with Crippen LogP contribution < -0.4 is 5.73 Å². The van der Waals surface area contributed by atoms with Gasteiger partial charge in [0.15, 0.2) is 0 Å². The summed E-state index contributed by atoms with van der Waals surface area (Å²) in [5.41, 5.74) is 6.43. The van der Waals surface area contributed by atoms with Crippen molar-refractivity contribution in [2.75, 3.05) is 0 Å². The van der Waals surface area contributed by atoms with E-state index in [1.165, 1.54) is 9.35 Å². The third kappa shape index (κ3) is 4.11. The number of hydrogen-bond acceptors (Lipinski definition) is 2. The smallest absolute Gasteiger partial charge is 0.0314 e. The van der Waals surface area contributed by atoms with Gasteiger partial charge in [0.05, 0.1) is 0 Å². The van der Waals surface area contributed by atoms with Crippen molar-refractivity contribution in [1.82, 2.24) is 0 Å². The molecular formula is C11H18BrNS. The largest absolute Gasteiger partial charge is 0.327 e. The Morgan fingerprint density at radius 3 is 2.57 bits per heavy atom. The minimum Gasteiger partial charge on any atom is -0.327 e. The van der Waals surface area contributed by atoms with Crippen LogP contribution in [0.15, 0.2) is 15.9 Å². The molecule has 0 aliphatic rings. The Hall–Kier alpha value is 0.140. The Balaban J connectivity index is 2.50. The molecule has 0 radical (unpaired) electrons. The molecule has 0 amide bonds. The highest BCUT2D eigenvalue weighted by atomic mass is 79.9. The van der Waals surface area contributed by atoms with Crippen LogP contribution in [0, 0.1) is 5.41 Å². The fraction of sp³-hybridized carbons (Fsp3) is 0.636. The Morgan fingerprint density at radius 1 is 1.50 bits per heavy atom. The number of halogens is 1. The molecule has 2 N–H and O–H groups in total. The zero-order valence-corrected chi connectivity index (χ0v) is 11.4. The van der Waals surface area contributed by atoms with Crippen molar-refractivity contribution in [3.8, 4) is 0 Å². The lowest BCUT2D eigenvalue weighted by atomic mass is 9.87. The molecule has 14 heavy (non-hydrogen) atoms. The second-order valence-electron chi connectivity index (χ2n) is 4.92. The van der Waals surface area contributed by atoms with Crippen LogP contribution in [0.2, 0.25) is 0 Å². The van der Waals surface area contributed by atoms with Crippen molar-refractivity contribution in [2.45, 2.75) is 39.7 Å².